The zero-order chi connectivity index (χ0) is 21.7. The Morgan fingerprint density at radius 1 is 0.967 bits per heavy atom. The van der Waals surface area contributed by atoms with Crippen LogP contribution >= 0.6 is 11.8 Å². The van der Waals surface area contributed by atoms with Gasteiger partial charge in [0.25, 0.3) is 0 Å². The van der Waals surface area contributed by atoms with Gasteiger partial charge in [0.1, 0.15) is 5.82 Å². The van der Waals surface area contributed by atoms with Crippen LogP contribution in [0.1, 0.15) is 17.0 Å². The van der Waals surface area contributed by atoms with Gasteiger partial charge in [-0.2, -0.15) is 0 Å². The molecule has 0 atom stereocenters. The second kappa shape index (κ2) is 9.58. The maximum Gasteiger partial charge on any atom is 0.243 e. The molecule has 7 nitrogen and oxygen atoms in total. The molecule has 0 saturated carbocycles. The summed E-state index contributed by atoms with van der Waals surface area (Å²) in [5, 5.41) is 11.8. The number of aromatic nitrogens is 3. The number of likely N-dealkylation sites (N-methyl/N-ethyl adjacent to an activating group) is 1. The van der Waals surface area contributed by atoms with Crippen molar-refractivity contribution in [3.05, 3.63) is 65.5 Å². The van der Waals surface area contributed by atoms with Gasteiger partial charge in [-0.05, 0) is 45.0 Å². The Bertz CT molecular complexity index is 1030. The van der Waals surface area contributed by atoms with Gasteiger partial charge in [0.15, 0.2) is 5.16 Å². The zero-order valence-corrected chi connectivity index (χ0v) is 18.4. The van der Waals surface area contributed by atoms with Crippen LogP contribution in [-0.4, -0.2) is 50.8 Å². The van der Waals surface area contributed by atoms with E-state index in [1.165, 1.54) is 22.2 Å². The Morgan fingerprint density at radius 3 is 2.20 bits per heavy atom. The number of anilines is 1. The predicted molar refractivity (Wildman–Crippen MR) is 119 cm³/mol. The van der Waals surface area contributed by atoms with Crippen LogP contribution in [0, 0.1) is 20.8 Å². The first-order chi connectivity index (χ1) is 14.3. The third kappa shape index (κ3) is 5.48. The topological polar surface area (TPSA) is 80.1 Å². The van der Waals surface area contributed by atoms with Gasteiger partial charge in [0.05, 0.1) is 12.3 Å². The first-order valence-electron chi connectivity index (χ1n) is 9.56. The maximum absolute atomic E-state index is 12.5. The molecule has 0 radical (unpaired) electrons. The second-order valence-electron chi connectivity index (χ2n) is 7.15. The van der Waals surface area contributed by atoms with Crippen molar-refractivity contribution in [1.82, 2.24) is 19.7 Å². The lowest BCUT2D eigenvalue weighted by Crippen LogP contribution is -2.36. The zero-order valence-electron chi connectivity index (χ0n) is 17.5. The number of aryl methyl sites for hydroxylation is 3. The number of benzene rings is 2. The minimum absolute atomic E-state index is 0.0169. The summed E-state index contributed by atoms with van der Waals surface area (Å²) in [5.74, 6) is 0.520. The van der Waals surface area contributed by atoms with Crippen molar-refractivity contribution in [1.29, 1.82) is 0 Å². The lowest BCUT2D eigenvalue weighted by Gasteiger charge is -2.17. The van der Waals surface area contributed by atoms with Crippen molar-refractivity contribution in [3.8, 4) is 5.69 Å². The van der Waals surface area contributed by atoms with Gasteiger partial charge in [-0.25, -0.2) is 0 Å². The first-order valence-corrected chi connectivity index (χ1v) is 10.5. The number of hydrogen-bond acceptors (Lipinski definition) is 5. The number of nitrogens with one attached hydrogen (secondary N) is 1. The Hall–Kier alpha value is -3.13. The quantitative estimate of drug-likeness (QED) is 0.589. The van der Waals surface area contributed by atoms with E-state index in [1.807, 2.05) is 73.9 Å². The van der Waals surface area contributed by atoms with E-state index in [0.717, 1.165) is 17.1 Å². The summed E-state index contributed by atoms with van der Waals surface area (Å²) in [4.78, 5) is 26.1. The van der Waals surface area contributed by atoms with Crippen LogP contribution in [0.25, 0.3) is 5.69 Å². The Kier molecular flexibility index (Phi) is 6.89. The highest BCUT2D eigenvalue weighted by molar-refractivity contribution is 7.99. The summed E-state index contributed by atoms with van der Waals surface area (Å²) in [5.41, 5.74) is 3.94. The molecule has 156 valence electrons. The second-order valence-corrected chi connectivity index (χ2v) is 8.10. The highest BCUT2D eigenvalue weighted by Gasteiger charge is 2.17. The number of amides is 2. The average Bonchev–Trinajstić information content (AvgIpc) is 3.09. The van der Waals surface area contributed by atoms with E-state index >= 15 is 0 Å². The highest BCUT2D eigenvalue weighted by Crippen LogP contribution is 2.22. The Labute approximate surface area is 180 Å². The fourth-order valence-electron chi connectivity index (χ4n) is 2.80. The highest BCUT2D eigenvalue weighted by atomic mass is 32.2. The van der Waals surface area contributed by atoms with E-state index in [4.69, 9.17) is 0 Å². The van der Waals surface area contributed by atoms with E-state index in [0.29, 0.717) is 10.8 Å². The summed E-state index contributed by atoms with van der Waals surface area (Å²) >= 11 is 1.30. The van der Waals surface area contributed by atoms with Gasteiger partial charge in [0.2, 0.25) is 11.8 Å². The molecule has 2 aromatic carbocycles. The largest absolute Gasteiger partial charge is 0.336 e. The van der Waals surface area contributed by atoms with E-state index in [9.17, 15) is 9.59 Å². The van der Waals surface area contributed by atoms with Crippen LogP contribution in [0.15, 0.2) is 53.7 Å². The number of carbonyl (C=O) groups excluding carboxylic acids is 2. The average molecular weight is 424 g/mol. The van der Waals surface area contributed by atoms with E-state index in [-0.39, 0.29) is 24.1 Å². The monoisotopic (exact) mass is 423 g/mol. The van der Waals surface area contributed by atoms with Crippen LogP contribution in [-0.2, 0) is 9.59 Å². The van der Waals surface area contributed by atoms with Crippen LogP contribution in [0.5, 0.6) is 0 Å². The summed E-state index contributed by atoms with van der Waals surface area (Å²) < 4.78 is 1.92. The number of rotatable bonds is 7. The smallest absolute Gasteiger partial charge is 0.243 e. The summed E-state index contributed by atoms with van der Waals surface area (Å²) in [7, 11) is 1.62. The van der Waals surface area contributed by atoms with Crippen molar-refractivity contribution >= 4 is 29.3 Å². The van der Waals surface area contributed by atoms with Crippen molar-refractivity contribution in [2.45, 2.75) is 25.9 Å². The minimum atomic E-state index is -0.238. The standard InChI is InChI=1S/C22H25N5O2S/c1-15-5-9-18(10-6-15)23-20(28)13-26(4)21(29)14-30-22-25-24-17(3)27(22)19-11-7-16(2)8-12-19/h5-12H,13-14H2,1-4H3,(H,23,28). The molecule has 1 N–H and O–H groups in total. The third-order valence-corrected chi connectivity index (χ3v) is 5.47. The summed E-state index contributed by atoms with van der Waals surface area (Å²) in [6.07, 6.45) is 0. The SMILES string of the molecule is Cc1ccc(NC(=O)CN(C)C(=O)CSc2nnc(C)n2-c2ccc(C)cc2)cc1. The van der Waals surface area contributed by atoms with Crippen molar-refractivity contribution < 1.29 is 9.59 Å². The molecule has 0 aliphatic carbocycles. The normalized spacial score (nSPS) is 10.7. The molecule has 0 spiro atoms. The van der Waals surface area contributed by atoms with Gasteiger partial charge < -0.3 is 10.2 Å². The number of nitrogens with zero attached hydrogens (tertiary/aromatic N) is 4. The van der Waals surface area contributed by atoms with Gasteiger partial charge in [0, 0.05) is 18.4 Å². The number of thioether (sulfide) groups is 1. The molecule has 0 unspecified atom stereocenters. The molecule has 0 aliphatic rings. The molecule has 0 aliphatic heterocycles. The first kappa shape index (κ1) is 21.6. The van der Waals surface area contributed by atoms with Crippen molar-refractivity contribution in [2.24, 2.45) is 0 Å². The van der Waals surface area contributed by atoms with Gasteiger partial charge >= 0.3 is 0 Å². The predicted octanol–water partition coefficient (Wildman–Crippen LogP) is 3.38. The number of carbonyl (C=O) groups is 2. The van der Waals surface area contributed by atoms with E-state index in [2.05, 4.69) is 15.5 Å². The molecular weight excluding hydrogens is 398 g/mol. The molecular formula is C22H25N5O2S. The summed E-state index contributed by atoms with van der Waals surface area (Å²) in [6.45, 7) is 5.87. The molecule has 30 heavy (non-hydrogen) atoms. The van der Waals surface area contributed by atoms with Crippen LogP contribution in [0.4, 0.5) is 5.69 Å². The van der Waals surface area contributed by atoms with E-state index < -0.39 is 0 Å². The van der Waals surface area contributed by atoms with Gasteiger partial charge in [-0.3, -0.25) is 14.2 Å². The molecule has 1 heterocycles. The van der Waals surface area contributed by atoms with Gasteiger partial charge in [-0.15, -0.1) is 10.2 Å². The lowest BCUT2D eigenvalue weighted by molar-refractivity contribution is -0.131. The van der Waals surface area contributed by atoms with Crippen LogP contribution in [0.2, 0.25) is 0 Å². The molecule has 2 amide bonds. The van der Waals surface area contributed by atoms with Crippen molar-refractivity contribution in [2.75, 3.05) is 24.7 Å². The Balaban J connectivity index is 1.57. The van der Waals surface area contributed by atoms with Gasteiger partial charge in [-0.1, -0.05) is 47.2 Å². The molecule has 0 bridgehead atoms. The summed E-state index contributed by atoms with van der Waals surface area (Å²) in [6, 6.07) is 15.6. The molecule has 8 heteroatoms. The fraction of sp³-hybridized carbons (Fsp3) is 0.273. The molecule has 1 aromatic heterocycles. The van der Waals surface area contributed by atoms with Crippen LogP contribution < -0.4 is 5.32 Å². The van der Waals surface area contributed by atoms with E-state index in [1.54, 1.807) is 7.05 Å². The van der Waals surface area contributed by atoms with Crippen LogP contribution in [0.3, 0.4) is 0 Å². The lowest BCUT2D eigenvalue weighted by atomic mass is 10.2. The minimum Gasteiger partial charge on any atom is -0.336 e. The fourth-order valence-corrected chi connectivity index (χ4v) is 3.74. The molecule has 3 aromatic rings. The third-order valence-electron chi connectivity index (χ3n) is 4.55. The molecule has 3 rings (SSSR count). The van der Waals surface area contributed by atoms with Crippen molar-refractivity contribution in [3.63, 3.8) is 0 Å². The Morgan fingerprint density at radius 2 is 1.57 bits per heavy atom. The number of hydrogen-bond donors (Lipinski definition) is 1. The molecule has 0 fully saturated rings. The maximum atomic E-state index is 12.5. The molecule has 0 saturated heterocycles.